The summed E-state index contributed by atoms with van der Waals surface area (Å²) in [5, 5.41) is 29.7. The Morgan fingerprint density at radius 1 is 1.14 bits per heavy atom. The number of hydrogen-bond acceptors (Lipinski definition) is 5. The van der Waals surface area contributed by atoms with Crippen LogP contribution in [0.5, 0.6) is 0 Å². The number of rotatable bonds is 6. The Hall–Kier alpha value is -1.18. The Kier molecular flexibility index (Phi) is 5.06. The van der Waals surface area contributed by atoms with E-state index in [9.17, 15) is 24.9 Å². The van der Waals surface area contributed by atoms with Crippen LogP contribution in [0.25, 0.3) is 0 Å². The zero-order valence-corrected chi connectivity index (χ0v) is 7.64. The van der Waals surface area contributed by atoms with Gasteiger partial charge in [0.1, 0.15) is 18.1 Å². The van der Waals surface area contributed by atoms with E-state index in [0.29, 0.717) is 0 Å². The molecule has 0 aromatic heterocycles. The molecule has 0 aromatic carbocycles. The van der Waals surface area contributed by atoms with Crippen LogP contribution in [0.1, 0.15) is 12.8 Å². The lowest BCUT2D eigenvalue weighted by Gasteiger charge is -2.17. The average molecular weight is 206 g/mol. The highest BCUT2D eigenvalue weighted by Crippen LogP contribution is 2.00. The number of carbonyl (C=O) groups excluding carboxylic acids is 2. The maximum absolute atomic E-state index is 10.2. The third kappa shape index (κ3) is 4.17. The smallest absolute Gasteiger partial charge is 0.151 e. The van der Waals surface area contributed by atoms with Crippen LogP contribution in [0, 0.1) is 0 Å². The van der Waals surface area contributed by atoms with Gasteiger partial charge in [0.2, 0.25) is 0 Å². The maximum Gasteiger partial charge on any atom is 0.151 e. The molecule has 0 bridgehead atoms. The fourth-order valence-corrected chi connectivity index (χ4v) is 0.848. The summed E-state index contributed by atoms with van der Waals surface area (Å²) in [6.45, 7) is 0. The number of hydrogen-bond donors (Lipinski definition) is 3. The van der Waals surface area contributed by atoms with Crippen molar-refractivity contribution in [2.24, 2.45) is 0 Å². The molecular weight excluding hydrogens is 192 g/mol. The minimum absolute atomic E-state index is 0.00963. The van der Waals surface area contributed by atoms with E-state index < -0.39 is 30.1 Å². The minimum atomic E-state index is -1.47. The van der Waals surface area contributed by atoms with Crippen molar-refractivity contribution in [1.82, 2.24) is 0 Å². The van der Waals surface area contributed by atoms with Crippen molar-refractivity contribution in [2.45, 2.75) is 31.0 Å². The number of carboxylic acids is 2. The molecule has 0 saturated carbocycles. The zero-order valence-electron chi connectivity index (χ0n) is 7.64. The van der Waals surface area contributed by atoms with Crippen LogP contribution in [-0.4, -0.2) is 35.2 Å². The van der Waals surface area contributed by atoms with Crippen molar-refractivity contribution >= 4 is 11.9 Å². The lowest BCUT2D eigenvalue weighted by molar-refractivity contribution is -0.455. The summed E-state index contributed by atoms with van der Waals surface area (Å²) in [5.41, 5.74) is 6.42. The lowest BCUT2D eigenvalue weighted by atomic mass is 10.0. The van der Waals surface area contributed by atoms with Crippen LogP contribution >= 0.6 is 0 Å². The van der Waals surface area contributed by atoms with Gasteiger partial charge in [-0.3, -0.25) is 0 Å². The Bertz CT molecular complexity index is 220. The molecule has 1 unspecified atom stereocenters. The van der Waals surface area contributed by atoms with Crippen molar-refractivity contribution in [2.75, 3.05) is 0 Å². The van der Waals surface area contributed by atoms with Crippen molar-refractivity contribution in [3.05, 3.63) is 0 Å². The molecule has 7 heteroatoms. The molecule has 0 amide bonds. The molecule has 7 N–H and O–H groups in total. The highest BCUT2D eigenvalue weighted by molar-refractivity contribution is 5.70. The van der Waals surface area contributed by atoms with Gasteiger partial charge in [-0.2, -0.15) is 0 Å². The summed E-state index contributed by atoms with van der Waals surface area (Å²) >= 11 is 0. The summed E-state index contributed by atoms with van der Waals surface area (Å²) in [4.78, 5) is 20.5. The molecule has 0 spiro atoms. The predicted molar refractivity (Wildman–Crippen MR) is 38.6 cm³/mol. The van der Waals surface area contributed by atoms with Gasteiger partial charge in [0.05, 0.1) is 5.97 Å². The van der Waals surface area contributed by atoms with Crippen LogP contribution in [-0.2, 0) is 9.59 Å². The fraction of sp³-hybridized carbons (Fsp3) is 0.714. The minimum Gasteiger partial charge on any atom is -0.544 e. The van der Waals surface area contributed by atoms with E-state index in [0.717, 1.165) is 0 Å². The molecular formula is C7H14N2O5. The molecule has 0 aliphatic rings. The van der Waals surface area contributed by atoms with E-state index in [2.05, 4.69) is 11.5 Å². The van der Waals surface area contributed by atoms with Gasteiger partial charge in [-0.05, 0) is 6.42 Å². The van der Waals surface area contributed by atoms with Crippen LogP contribution in [0.15, 0.2) is 0 Å². The highest BCUT2D eigenvalue weighted by atomic mass is 16.4. The van der Waals surface area contributed by atoms with Gasteiger partial charge in [0, 0.05) is 6.42 Å². The Labute approximate surface area is 80.3 Å². The van der Waals surface area contributed by atoms with E-state index in [-0.39, 0.29) is 12.8 Å². The van der Waals surface area contributed by atoms with E-state index in [1.807, 2.05) is 0 Å². The molecule has 82 valence electrons. The number of carboxylic acid groups (broad SMARTS) is 2. The number of aliphatic hydroxyl groups excluding tert-OH is 1. The monoisotopic (exact) mass is 206 g/mol. The van der Waals surface area contributed by atoms with Gasteiger partial charge >= 0.3 is 0 Å². The van der Waals surface area contributed by atoms with E-state index in [1.165, 1.54) is 0 Å². The number of aliphatic hydroxyl groups is 1. The second-order valence-electron chi connectivity index (χ2n) is 3.09. The first-order valence-corrected chi connectivity index (χ1v) is 4.12. The zero-order chi connectivity index (χ0) is 11.3. The molecule has 0 radical (unpaired) electrons. The highest BCUT2D eigenvalue weighted by Gasteiger charge is 2.21. The number of quaternary nitrogens is 2. The third-order valence-corrected chi connectivity index (χ3v) is 1.91. The van der Waals surface area contributed by atoms with Gasteiger partial charge in [0.25, 0.3) is 0 Å². The normalized spacial score (nSPS) is 17.1. The van der Waals surface area contributed by atoms with Crippen LogP contribution in [0.2, 0.25) is 0 Å². The number of aliphatic carboxylic acids is 2. The third-order valence-electron chi connectivity index (χ3n) is 1.91. The summed E-state index contributed by atoms with van der Waals surface area (Å²) in [6, 6.07) is -2.22. The molecule has 3 atom stereocenters. The number of carbonyl (C=O) groups is 2. The largest absolute Gasteiger partial charge is 0.544 e. The average Bonchev–Trinajstić information content (AvgIpc) is 2.11. The molecule has 14 heavy (non-hydrogen) atoms. The summed E-state index contributed by atoms with van der Waals surface area (Å²) < 4.78 is 0. The lowest BCUT2D eigenvalue weighted by Crippen LogP contribution is -2.73. The topological polar surface area (TPSA) is 156 Å². The molecule has 7 nitrogen and oxygen atoms in total. The predicted octanol–water partition coefficient (Wildman–Crippen LogP) is -6.15. The van der Waals surface area contributed by atoms with Crippen molar-refractivity contribution < 1.29 is 36.4 Å². The van der Waals surface area contributed by atoms with Crippen LogP contribution in [0.3, 0.4) is 0 Å². The first-order chi connectivity index (χ1) is 6.36. The molecule has 0 heterocycles. The molecule has 0 saturated heterocycles. The first kappa shape index (κ1) is 12.8. The van der Waals surface area contributed by atoms with E-state index >= 15 is 0 Å². The van der Waals surface area contributed by atoms with E-state index in [4.69, 9.17) is 0 Å². The fourth-order valence-electron chi connectivity index (χ4n) is 0.848. The van der Waals surface area contributed by atoms with Crippen molar-refractivity contribution in [1.29, 1.82) is 0 Å². The van der Waals surface area contributed by atoms with Gasteiger partial charge in [-0.1, -0.05) is 0 Å². The van der Waals surface area contributed by atoms with Gasteiger partial charge < -0.3 is 36.4 Å². The van der Waals surface area contributed by atoms with Crippen LogP contribution < -0.4 is 21.7 Å². The van der Waals surface area contributed by atoms with Gasteiger partial charge in [-0.15, -0.1) is 0 Å². The Morgan fingerprint density at radius 3 is 2.00 bits per heavy atom. The molecule has 0 rings (SSSR count). The second-order valence-corrected chi connectivity index (χ2v) is 3.09. The quantitative estimate of drug-likeness (QED) is 0.394. The molecule has 0 aliphatic heterocycles. The second kappa shape index (κ2) is 5.53. The van der Waals surface area contributed by atoms with Crippen molar-refractivity contribution in [3.8, 4) is 0 Å². The molecule has 0 aromatic rings. The first-order valence-electron chi connectivity index (χ1n) is 4.12. The molecule has 0 fully saturated rings. The summed E-state index contributed by atoms with van der Waals surface area (Å²) in [5.74, 6) is -2.79. The Balaban J connectivity index is 3.90. The Morgan fingerprint density at radius 2 is 1.64 bits per heavy atom. The van der Waals surface area contributed by atoms with Crippen LogP contribution in [0.4, 0.5) is 0 Å². The van der Waals surface area contributed by atoms with Gasteiger partial charge in [-0.25, -0.2) is 0 Å². The van der Waals surface area contributed by atoms with Gasteiger partial charge in [0.15, 0.2) is 6.04 Å². The SMILES string of the molecule is [NH3+][C@H](C(=O)[O-])C(O)CC[C@H]([NH3+])C(=O)[O-]. The maximum atomic E-state index is 10.2. The summed E-state index contributed by atoms with van der Waals surface area (Å²) in [7, 11) is 0. The standard InChI is InChI=1S/C7H14N2O5/c8-3(6(11)12)1-2-4(10)5(9)7(13)14/h3-5,10H,1-2,8-9H2,(H,11,12)(H,13,14)/t3-,4?,5-/m0/s1. The van der Waals surface area contributed by atoms with E-state index in [1.54, 1.807) is 0 Å². The molecule has 0 aliphatic carbocycles. The van der Waals surface area contributed by atoms with Crippen molar-refractivity contribution in [3.63, 3.8) is 0 Å². The summed E-state index contributed by atoms with van der Waals surface area (Å²) in [6.07, 6.45) is -1.18.